The molecule has 2 N–H and O–H groups in total. The topological polar surface area (TPSA) is 66.8 Å². The third-order valence-corrected chi connectivity index (χ3v) is 1.49. The summed E-state index contributed by atoms with van der Waals surface area (Å²) in [5.41, 5.74) is 0. The summed E-state index contributed by atoms with van der Waals surface area (Å²) in [4.78, 5) is 10.8. The molecule has 0 saturated carbocycles. The third-order valence-electron chi connectivity index (χ3n) is 1.49. The van der Waals surface area contributed by atoms with Crippen LogP contribution < -0.4 is 4.74 Å². The number of aromatic hydroxyl groups is 2. The van der Waals surface area contributed by atoms with Crippen molar-refractivity contribution in [3.05, 3.63) is 18.2 Å². The van der Waals surface area contributed by atoms with Crippen LogP contribution in [0.4, 0.5) is 0 Å². The lowest BCUT2D eigenvalue weighted by Crippen LogP contribution is -2.05. The van der Waals surface area contributed by atoms with Crippen LogP contribution in [0.15, 0.2) is 18.2 Å². The van der Waals surface area contributed by atoms with E-state index in [1.54, 1.807) is 6.92 Å². The Balaban J connectivity index is 2.89. The van der Waals surface area contributed by atoms with E-state index in [9.17, 15) is 9.90 Å². The lowest BCUT2D eigenvalue weighted by Gasteiger charge is -2.05. The maximum Gasteiger partial charge on any atom is 0.311 e. The average molecular weight is 182 g/mol. The van der Waals surface area contributed by atoms with Gasteiger partial charge in [-0.1, -0.05) is 13.0 Å². The van der Waals surface area contributed by atoms with Crippen LogP contribution in [0.2, 0.25) is 0 Å². The summed E-state index contributed by atoms with van der Waals surface area (Å²) in [6, 6.07) is 4.19. The van der Waals surface area contributed by atoms with Crippen molar-refractivity contribution in [2.75, 3.05) is 0 Å². The molecule has 0 aromatic heterocycles. The molecular formula is C9H10O4. The molecule has 0 saturated heterocycles. The normalized spacial score (nSPS) is 9.62. The second-order valence-electron chi connectivity index (χ2n) is 2.45. The molecule has 0 atom stereocenters. The predicted octanol–water partition coefficient (Wildman–Crippen LogP) is 1.41. The molecule has 0 aliphatic carbocycles. The molecule has 0 unspecified atom stereocenters. The van der Waals surface area contributed by atoms with Gasteiger partial charge in [0.2, 0.25) is 5.75 Å². The van der Waals surface area contributed by atoms with Crippen LogP contribution in [0, 0.1) is 0 Å². The molecule has 1 rings (SSSR count). The molecule has 0 fully saturated rings. The molecule has 0 aliphatic rings. The van der Waals surface area contributed by atoms with Crippen molar-refractivity contribution >= 4 is 5.97 Å². The number of para-hydroxylation sites is 1. The zero-order valence-corrected chi connectivity index (χ0v) is 7.15. The van der Waals surface area contributed by atoms with Crippen LogP contribution in [-0.2, 0) is 4.79 Å². The lowest BCUT2D eigenvalue weighted by atomic mass is 10.3. The number of phenols is 2. The molecule has 0 radical (unpaired) electrons. The molecule has 0 aliphatic heterocycles. The summed E-state index contributed by atoms with van der Waals surface area (Å²) in [6.45, 7) is 1.64. The highest BCUT2D eigenvalue weighted by atomic mass is 16.5. The SMILES string of the molecule is CCC(=O)Oc1cccc(O)c1O. The van der Waals surface area contributed by atoms with Crippen LogP contribution in [0.5, 0.6) is 17.2 Å². The molecule has 70 valence electrons. The maximum absolute atomic E-state index is 10.8. The van der Waals surface area contributed by atoms with Gasteiger partial charge in [-0.15, -0.1) is 0 Å². The van der Waals surface area contributed by atoms with Gasteiger partial charge >= 0.3 is 5.97 Å². The number of hydrogen-bond donors (Lipinski definition) is 2. The number of carbonyl (C=O) groups excluding carboxylic acids is 1. The van der Waals surface area contributed by atoms with Crippen LogP contribution >= 0.6 is 0 Å². The van der Waals surface area contributed by atoms with Crippen molar-refractivity contribution in [2.45, 2.75) is 13.3 Å². The minimum absolute atomic E-state index is 0.0214. The van der Waals surface area contributed by atoms with Gasteiger partial charge in [0.1, 0.15) is 0 Å². The van der Waals surface area contributed by atoms with E-state index in [0.717, 1.165) is 0 Å². The third kappa shape index (κ3) is 2.11. The fraction of sp³-hybridized carbons (Fsp3) is 0.222. The van der Waals surface area contributed by atoms with Gasteiger partial charge in [-0.25, -0.2) is 0 Å². The first-order valence-electron chi connectivity index (χ1n) is 3.86. The van der Waals surface area contributed by atoms with Gasteiger partial charge in [0.05, 0.1) is 0 Å². The molecular weight excluding hydrogens is 172 g/mol. The second kappa shape index (κ2) is 3.80. The Labute approximate surface area is 75.4 Å². The standard InChI is InChI=1S/C9H10O4/c1-2-8(11)13-7-5-3-4-6(10)9(7)12/h3-5,10,12H,2H2,1H3. The number of ether oxygens (including phenoxy) is 1. The van der Waals surface area contributed by atoms with E-state index in [-0.39, 0.29) is 17.9 Å². The van der Waals surface area contributed by atoms with E-state index in [4.69, 9.17) is 9.84 Å². The number of benzene rings is 1. The summed E-state index contributed by atoms with van der Waals surface area (Å²) < 4.78 is 4.73. The summed E-state index contributed by atoms with van der Waals surface area (Å²) in [5, 5.41) is 18.3. The van der Waals surface area contributed by atoms with Crippen molar-refractivity contribution < 1.29 is 19.7 Å². The zero-order valence-electron chi connectivity index (χ0n) is 7.15. The fourth-order valence-electron chi connectivity index (χ4n) is 0.788. The van der Waals surface area contributed by atoms with E-state index in [0.29, 0.717) is 0 Å². The van der Waals surface area contributed by atoms with Gasteiger partial charge in [0.25, 0.3) is 0 Å². The number of esters is 1. The highest BCUT2D eigenvalue weighted by Crippen LogP contribution is 2.34. The van der Waals surface area contributed by atoms with Gasteiger partial charge in [0.15, 0.2) is 11.5 Å². The summed E-state index contributed by atoms with van der Waals surface area (Å²) in [7, 11) is 0. The molecule has 0 bridgehead atoms. The molecule has 4 nitrogen and oxygen atoms in total. The maximum atomic E-state index is 10.8. The van der Waals surface area contributed by atoms with Crippen molar-refractivity contribution in [1.29, 1.82) is 0 Å². The Kier molecular flexibility index (Phi) is 2.74. The molecule has 1 aromatic rings. The lowest BCUT2D eigenvalue weighted by molar-refractivity contribution is -0.134. The molecule has 13 heavy (non-hydrogen) atoms. The van der Waals surface area contributed by atoms with E-state index in [1.165, 1.54) is 18.2 Å². The Morgan fingerprint density at radius 3 is 2.77 bits per heavy atom. The molecule has 1 aromatic carbocycles. The van der Waals surface area contributed by atoms with Crippen LogP contribution in [0.25, 0.3) is 0 Å². The molecule has 0 spiro atoms. The van der Waals surface area contributed by atoms with Gasteiger partial charge in [-0.3, -0.25) is 4.79 Å². The second-order valence-corrected chi connectivity index (χ2v) is 2.45. The average Bonchev–Trinajstić information content (AvgIpc) is 2.13. The number of rotatable bonds is 2. The largest absolute Gasteiger partial charge is 0.504 e. The van der Waals surface area contributed by atoms with E-state index in [2.05, 4.69) is 0 Å². The first-order chi connectivity index (χ1) is 6.15. The minimum atomic E-state index is -0.457. The van der Waals surface area contributed by atoms with Gasteiger partial charge in [-0.05, 0) is 12.1 Å². The van der Waals surface area contributed by atoms with Gasteiger partial charge in [0, 0.05) is 6.42 Å². The quantitative estimate of drug-likeness (QED) is 0.412. The summed E-state index contributed by atoms with van der Waals surface area (Å²) in [6.07, 6.45) is 0.217. The van der Waals surface area contributed by atoms with Gasteiger partial charge in [-0.2, -0.15) is 0 Å². The Hall–Kier alpha value is -1.71. The van der Waals surface area contributed by atoms with Crippen molar-refractivity contribution in [2.24, 2.45) is 0 Å². The number of phenolic OH excluding ortho intramolecular Hbond substituents is 2. The highest BCUT2D eigenvalue weighted by Gasteiger charge is 2.09. The van der Waals surface area contributed by atoms with E-state index >= 15 is 0 Å². The van der Waals surface area contributed by atoms with Crippen LogP contribution in [0.3, 0.4) is 0 Å². The van der Waals surface area contributed by atoms with E-state index < -0.39 is 11.7 Å². The molecule has 0 heterocycles. The number of hydrogen-bond acceptors (Lipinski definition) is 4. The summed E-state index contributed by atoms with van der Waals surface area (Å²) >= 11 is 0. The smallest absolute Gasteiger partial charge is 0.311 e. The van der Waals surface area contributed by atoms with Crippen LogP contribution in [-0.4, -0.2) is 16.2 Å². The van der Waals surface area contributed by atoms with E-state index in [1.807, 2.05) is 0 Å². The van der Waals surface area contributed by atoms with Crippen LogP contribution in [0.1, 0.15) is 13.3 Å². The Morgan fingerprint density at radius 2 is 2.15 bits per heavy atom. The zero-order chi connectivity index (χ0) is 9.84. The van der Waals surface area contributed by atoms with Crippen molar-refractivity contribution in [1.82, 2.24) is 0 Å². The van der Waals surface area contributed by atoms with Crippen molar-refractivity contribution in [3.8, 4) is 17.2 Å². The Bertz CT molecular complexity index is 319. The van der Waals surface area contributed by atoms with Crippen molar-refractivity contribution in [3.63, 3.8) is 0 Å². The fourth-order valence-corrected chi connectivity index (χ4v) is 0.788. The molecule has 4 heteroatoms. The van der Waals surface area contributed by atoms with Gasteiger partial charge < -0.3 is 14.9 Å². The Morgan fingerprint density at radius 1 is 1.46 bits per heavy atom. The predicted molar refractivity (Wildman–Crippen MR) is 45.7 cm³/mol. The first-order valence-corrected chi connectivity index (χ1v) is 3.86. The first kappa shape index (κ1) is 9.38. The number of carbonyl (C=O) groups is 1. The highest BCUT2D eigenvalue weighted by molar-refractivity contribution is 5.73. The summed E-state index contributed by atoms with van der Waals surface area (Å²) in [5.74, 6) is -1.20. The molecule has 0 amide bonds. The monoisotopic (exact) mass is 182 g/mol. The minimum Gasteiger partial charge on any atom is -0.504 e.